The van der Waals surface area contributed by atoms with E-state index >= 15 is 0 Å². The van der Waals surface area contributed by atoms with Crippen LogP contribution in [0.5, 0.6) is 23.0 Å². The van der Waals surface area contributed by atoms with Crippen molar-refractivity contribution in [3.8, 4) is 45.4 Å². The molecule has 0 aliphatic carbocycles. The lowest BCUT2D eigenvalue weighted by molar-refractivity contribution is 0.0953. The third-order valence-electron chi connectivity index (χ3n) is 6.31. The van der Waals surface area contributed by atoms with Crippen LogP contribution in [0.15, 0.2) is 59.0 Å². The summed E-state index contributed by atoms with van der Waals surface area (Å²) in [6.07, 6.45) is 0.828. The summed E-state index contributed by atoms with van der Waals surface area (Å²) < 4.78 is 28.4. The Balaban J connectivity index is 1.96. The van der Waals surface area contributed by atoms with Crippen LogP contribution >= 0.6 is 0 Å². The third-order valence-corrected chi connectivity index (χ3v) is 6.31. The molecule has 0 aliphatic rings. The monoisotopic (exact) mass is 518 g/mol. The van der Waals surface area contributed by atoms with Crippen LogP contribution in [0.2, 0.25) is 0 Å². The van der Waals surface area contributed by atoms with Crippen LogP contribution in [0.3, 0.4) is 0 Å². The van der Waals surface area contributed by atoms with E-state index in [0.29, 0.717) is 46.1 Å². The van der Waals surface area contributed by atoms with Crippen LogP contribution in [-0.2, 0) is 0 Å². The van der Waals surface area contributed by atoms with Crippen LogP contribution in [0.4, 0.5) is 0 Å². The summed E-state index contributed by atoms with van der Waals surface area (Å²) in [5.74, 6) is 2.91. The summed E-state index contributed by atoms with van der Waals surface area (Å²) in [5.41, 5.74) is 3.37. The van der Waals surface area contributed by atoms with Gasteiger partial charge in [0.25, 0.3) is 5.91 Å². The van der Waals surface area contributed by atoms with E-state index < -0.39 is 0 Å². The van der Waals surface area contributed by atoms with Gasteiger partial charge in [0.2, 0.25) is 0 Å². The maximum absolute atomic E-state index is 13.5. The van der Waals surface area contributed by atoms with Crippen LogP contribution in [0, 0.1) is 0 Å². The molecule has 0 atom stereocenters. The minimum atomic E-state index is -0.203. The first-order valence-electron chi connectivity index (χ1n) is 12.3. The van der Waals surface area contributed by atoms with Gasteiger partial charge in [0.1, 0.15) is 34.3 Å². The van der Waals surface area contributed by atoms with E-state index in [4.69, 9.17) is 23.4 Å². The minimum absolute atomic E-state index is 0.203. The standard InChI is InChI=1S/C30H34N2O6/c1-32(2)13-7-12-31-30(33)25-17-24(37-6)18-26-28(25)27(20-14-22(35-4)16-23(15-20)36-5)29(38-26)19-8-10-21(34-3)11-9-19/h8-11,14-18H,7,12-13H2,1-6H3,(H,31,33). The topological polar surface area (TPSA) is 82.4 Å². The highest BCUT2D eigenvalue weighted by molar-refractivity contribution is 6.14. The summed E-state index contributed by atoms with van der Waals surface area (Å²) in [5, 5.41) is 3.73. The first-order chi connectivity index (χ1) is 18.4. The quantitative estimate of drug-likeness (QED) is 0.263. The number of nitrogens with zero attached hydrogens (tertiary/aromatic N) is 1. The highest BCUT2D eigenvalue weighted by Crippen LogP contribution is 2.45. The lowest BCUT2D eigenvalue weighted by atomic mass is 9.95. The predicted molar refractivity (Wildman–Crippen MR) is 149 cm³/mol. The number of amides is 1. The number of nitrogens with one attached hydrogen (secondary N) is 1. The second-order valence-corrected chi connectivity index (χ2v) is 9.10. The van der Waals surface area contributed by atoms with Crippen LogP contribution in [0.1, 0.15) is 16.8 Å². The Morgan fingerprint density at radius 2 is 1.39 bits per heavy atom. The fourth-order valence-electron chi connectivity index (χ4n) is 4.37. The summed E-state index contributed by atoms with van der Waals surface area (Å²) in [7, 11) is 10.4. The first-order valence-corrected chi connectivity index (χ1v) is 12.3. The molecule has 0 fully saturated rings. The molecule has 4 aromatic rings. The van der Waals surface area contributed by atoms with E-state index in [-0.39, 0.29) is 5.91 Å². The number of carbonyl (C=O) groups excluding carboxylic acids is 1. The molecule has 0 saturated heterocycles. The average molecular weight is 519 g/mol. The molecule has 0 spiro atoms. The summed E-state index contributed by atoms with van der Waals surface area (Å²) >= 11 is 0. The maximum atomic E-state index is 13.5. The lowest BCUT2D eigenvalue weighted by Crippen LogP contribution is -2.27. The zero-order valence-electron chi connectivity index (χ0n) is 22.7. The van der Waals surface area contributed by atoms with E-state index in [1.54, 1.807) is 46.6 Å². The Bertz CT molecular complexity index is 1390. The molecule has 0 bridgehead atoms. The second-order valence-electron chi connectivity index (χ2n) is 9.10. The van der Waals surface area contributed by atoms with Crippen molar-refractivity contribution in [1.82, 2.24) is 10.2 Å². The number of rotatable bonds is 11. The van der Waals surface area contributed by atoms with E-state index in [1.807, 2.05) is 50.5 Å². The Labute approximate surface area is 223 Å². The van der Waals surface area contributed by atoms with Crippen LogP contribution in [0.25, 0.3) is 33.4 Å². The van der Waals surface area contributed by atoms with Gasteiger partial charge in [0.05, 0.1) is 34.0 Å². The van der Waals surface area contributed by atoms with Crippen molar-refractivity contribution in [3.05, 3.63) is 60.2 Å². The fourth-order valence-corrected chi connectivity index (χ4v) is 4.37. The Kier molecular flexibility index (Phi) is 8.43. The zero-order valence-corrected chi connectivity index (χ0v) is 22.7. The molecule has 38 heavy (non-hydrogen) atoms. The third kappa shape index (κ3) is 5.70. The maximum Gasteiger partial charge on any atom is 0.252 e. The molecule has 1 heterocycles. The highest BCUT2D eigenvalue weighted by atomic mass is 16.5. The lowest BCUT2D eigenvalue weighted by Gasteiger charge is -2.13. The molecule has 0 unspecified atom stereocenters. The van der Waals surface area contributed by atoms with Crippen molar-refractivity contribution in [1.29, 1.82) is 0 Å². The van der Waals surface area contributed by atoms with Gasteiger partial charge in [0.15, 0.2) is 0 Å². The van der Waals surface area contributed by atoms with Gasteiger partial charge >= 0.3 is 0 Å². The summed E-state index contributed by atoms with van der Waals surface area (Å²) in [6.45, 7) is 1.41. The van der Waals surface area contributed by atoms with Crippen LogP contribution in [-0.4, -0.2) is 66.4 Å². The normalized spacial score (nSPS) is 11.0. The van der Waals surface area contributed by atoms with Crippen molar-refractivity contribution in [2.45, 2.75) is 6.42 Å². The van der Waals surface area contributed by atoms with E-state index in [2.05, 4.69) is 10.2 Å². The highest BCUT2D eigenvalue weighted by Gasteiger charge is 2.25. The molecule has 0 radical (unpaired) electrons. The first kappa shape index (κ1) is 26.9. The molecule has 0 saturated carbocycles. The smallest absolute Gasteiger partial charge is 0.252 e. The fraction of sp³-hybridized carbons (Fsp3) is 0.300. The molecule has 200 valence electrons. The number of fused-ring (bicyclic) bond motifs is 1. The molecule has 0 aliphatic heterocycles. The Morgan fingerprint density at radius 3 is 1.97 bits per heavy atom. The number of furan rings is 1. The molecule has 1 amide bonds. The van der Waals surface area contributed by atoms with Gasteiger partial charge in [-0.25, -0.2) is 0 Å². The number of hydrogen-bond acceptors (Lipinski definition) is 7. The Morgan fingerprint density at radius 1 is 0.789 bits per heavy atom. The Hall–Kier alpha value is -4.17. The van der Waals surface area contributed by atoms with Crippen molar-refractivity contribution in [3.63, 3.8) is 0 Å². The van der Waals surface area contributed by atoms with Gasteiger partial charge < -0.3 is 33.6 Å². The molecule has 8 nitrogen and oxygen atoms in total. The average Bonchev–Trinajstić information content (AvgIpc) is 3.33. The number of hydrogen-bond donors (Lipinski definition) is 1. The molecule has 8 heteroatoms. The van der Waals surface area contributed by atoms with Crippen molar-refractivity contribution >= 4 is 16.9 Å². The number of ether oxygens (including phenoxy) is 4. The van der Waals surface area contributed by atoms with Crippen molar-refractivity contribution in [2.24, 2.45) is 0 Å². The van der Waals surface area contributed by atoms with Gasteiger partial charge in [-0.3, -0.25) is 4.79 Å². The van der Waals surface area contributed by atoms with E-state index in [1.165, 1.54) is 0 Å². The van der Waals surface area contributed by atoms with Crippen molar-refractivity contribution in [2.75, 3.05) is 55.6 Å². The van der Waals surface area contributed by atoms with Gasteiger partial charge in [-0.2, -0.15) is 0 Å². The zero-order chi connectivity index (χ0) is 27.2. The number of benzene rings is 3. The van der Waals surface area contributed by atoms with Gasteiger partial charge in [-0.1, -0.05) is 0 Å². The van der Waals surface area contributed by atoms with Gasteiger partial charge in [-0.05, 0) is 75.1 Å². The largest absolute Gasteiger partial charge is 0.497 e. The second kappa shape index (κ2) is 11.9. The molecule has 4 rings (SSSR count). The molecule has 1 aromatic heterocycles. The molecule has 3 aromatic carbocycles. The van der Waals surface area contributed by atoms with Gasteiger partial charge in [0, 0.05) is 35.2 Å². The van der Waals surface area contributed by atoms with E-state index in [9.17, 15) is 4.79 Å². The van der Waals surface area contributed by atoms with Crippen molar-refractivity contribution < 1.29 is 28.2 Å². The molecule has 1 N–H and O–H groups in total. The van der Waals surface area contributed by atoms with Crippen LogP contribution < -0.4 is 24.3 Å². The minimum Gasteiger partial charge on any atom is -0.497 e. The summed E-state index contributed by atoms with van der Waals surface area (Å²) in [4.78, 5) is 15.6. The molecular formula is C30H34N2O6. The molecular weight excluding hydrogens is 484 g/mol. The number of carbonyl (C=O) groups is 1. The van der Waals surface area contributed by atoms with Gasteiger partial charge in [-0.15, -0.1) is 0 Å². The summed E-state index contributed by atoms with van der Waals surface area (Å²) in [6, 6.07) is 16.8. The SMILES string of the molecule is COc1ccc(-c2oc3cc(OC)cc(C(=O)NCCCN(C)C)c3c2-c2cc(OC)cc(OC)c2)cc1. The van der Waals surface area contributed by atoms with E-state index in [0.717, 1.165) is 35.4 Å². The number of methoxy groups -OCH3 is 4. The predicted octanol–water partition coefficient (Wildman–Crippen LogP) is 5.48.